The Balaban J connectivity index is -0.000000337. The van der Waals surface area contributed by atoms with Crippen molar-refractivity contribution in [2.24, 2.45) is 0 Å². The Bertz CT molecular complexity index is 89.7. The Morgan fingerprint density at radius 2 is 1.12 bits per heavy atom. The minimum absolute atomic E-state index is 0.371. The van der Waals surface area contributed by atoms with Gasteiger partial charge in [0.25, 0.3) is 0 Å². The largest absolute Gasteiger partial charge is 0.396 e. The summed E-state index contributed by atoms with van der Waals surface area (Å²) in [6, 6.07) is 0. The predicted octanol–water partition coefficient (Wildman–Crippen LogP) is 5.73. The van der Waals surface area contributed by atoms with Crippen molar-refractivity contribution < 1.29 is 5.11 Å². The molecule has 1 heteroatoms. The van der Waals surface area contributed by atoms with Crippen molar-refractivity contribution in [2.45, 2.75) is 85.5 Å². The lowest BCUT2D eigenvalue weighted by Gasteiger charge is -1.99. The minimum Gasteiger partial charge on any atom is -0.396 e. The summed E-state index contributed by atoms with van der Waals surface area (Å²) < 4.78 is 0. The third-order valence-corrected chi connectivity index (χ3v) is 2.26. The van der Waals surface area contributed by atoms with Crippen molar-refractivity contribution in [1.29, 1.82) is 0 Å². The van der Waals surface area contributed by atoms with Crippen LogP contribution in [0.15, 0.2) is 12.7 Å². The van der Waals surface area contributed by atoms with E-state index in [2.05, 4.69) is 13.5 Å². The number of aliphatic hydroxyl groups excluding tert-OH is 1. The molecule has 1 nitrogen and oxygen atoms in total. The maximum absolute atomic E-state index is 8.54. The van der Waals surface area contributed by atoms with Gasteiger partial charge in [0, 0.05) is 6.61 Å². The summed E-state index contributed by atoms with van der Waals surface area (Å²) in [5.41, 5.74) is 0. The molecule has 0 bridgehead atoms. The number of allylic oxidation sites excluding steroid dienone is 1. The number of aliphatic hydroxyl groups is 1. The molecule has 1 N–H and O–H groups in total. The first-order valence-electron chi connectivity index (χ1n) is 7.51. The third kappa shape index (κ3) is 38.9. The summed E-state index contributed by atoms with van der Waals surface area (Å²) in [6.07, 6.45) is 13.6. The smallest absolute Gasteiger partial charge is 0.0431 e. The van der Waals surface area contributed by atoms with E-state index >= 15 is 0 Å². The van der Waals surface area contributed by atoms with E-state index in [1.807, 2.05) is 20.8 Å². The van der Waals surface area contributed by atoms with Crippen LogP contribution in [-0.2, 0) is 0 Å². The molecule has 0 radical (unpaired) electrons. The van der Waals surface area contributed by atoms with Gasteiger partial charge in [0.05, 0.1) is 0 Å². The second-order valence-corrected chi connectivity index (χ2v) is 3.96. The van der Waals surface area contributed by atoms with Crippen LogP contribution >= 0.6 is 0 Å². The molecule has 0 aliphatic heterocycles. The van der Waals surface area contributed by atoms with Crippen LogP contribution in [0.1, 0.15) is 85.5 Å². The van der Waals surface area contributed by atoms with Crippen molar-refractivity contribution in [1.82, 2.24) is 0 Å². The molecule has 0 aromatic rings. The van der Waals surface area contributed by atoms with Crippen LogP contribution in [-0.4, -0.2) is 11.7 Å². The number of hydrogen-bond donors (Lipinski definition) is 1. The highest BCUT2D eigenvalue weighted by molar-refractivity contribution is 4.51. The van der Waals surface area contributed by atoms with Crippen LogP contribution < -0.4 is 0 Å². The molecule has 0 unspecified atom stereocenters. The van der Waals surface area contributed by atoms with E-state index in [1.165, 1.54) is 51.4 Å². The Morgan fingerprint density at radius 3 is 1.41 bits per heavy atom. The Morgan fingerprint density at radius 1 is 0.824 bits per heavy atom. The first-order valence-corrected chi connectivity index (χ1v) is 7.51. The Kier molecular flexibility index (Phi) is 38.2. The second-order valence-electron chi connectivity index (χ2n) is 3.96. The molecule has 0 rings (SSSR count). The zero-order valence-electron chi connectivity index (χ0n) is 12.8. The van der Waals surface area contributed by atoms with Gasteiger partial charge in [-0.05, 0) is 13.3 Å². The van der Waals surface area contributed by atoms with Crippen LogP contribution in [0.2, 0.25) is 0 Å². The van der Waals surface area contributed by atoms with E-state index in [0.29, 0.717) is 6.61 Å². The molecular weight excluding hydrogens is 208 g/mol. The monoisotopic (exact) mass is 244 g/mol. The minimum atomic E-state index is 0.371. The van der Waals surface area contributed by atoms with E-state index in [9.17, 15) is 0 Å². The van der Waals surface area contributed by atoms with E-state index in [-0.39, 0.29) is 0 Å². The predicted molar refractivity (Wildman–Crippen MR) is 81.5 cm³/mol. The van der Waals surface area contributed by atoms with Gasteiger partial charge in [-0.25, -0.2) is 0 Å². The van der Waals surface area contributed by atoms with Gasteiger partial charge < -0.3 is 5.11 Å². The third-order valence-electron chi connectivity index (χ3n) is 2.26. The lowest BCUT2D eigenvalue weighted by molar-refractivity contribution is 0.282. The average Bonchev–Trinajstić information content (AvgIpc) is 2.36. The lowest BCUT2D eigenvalue weighted by atomic mass is 10.1. The van der Waals surface area contributed by atoms with Crippen LogP contribution in [0.5, 0.6) is 0 Å². The van der Waals surface area contributed by atoms with Crippen molar-refractivity contribution in [3.8, 4) is 0 Å². The molecule has 0 atom stereocenters. The molecule has 0 saturated carbocycles. The van der Waals surface area contributed by atoms with Crippen molar-refractivity contribution in [3.05, 3.63) is 12.7 Å². The SMILES string of the molecule is C=CC.CC.CCCCCCCCCCCO. The van der Waals surface area contributed by atoms with Gasteiger partial charge in [-0.15, -0.1) is 6.58 Å². The van der Waals surface area contributed by atoms with Gasteiger partial charge >= 0.3 is 0 Å². The fourth-order valence-electron chi connectivity index (χ4n) is 1.42. The van der Waals surface area contributed by atoms with Gasteiger partial charge in [0.1, 0.15) is 0 Å². The number of hydrogen-bond acceptors (Lipinski definition) is 1. The summed E-state index contributed by atoms with van der Waals surface area (Å²) in [6.45, 7) is 11.9. The van der Waals surface area contributed by atoms with Crippen LogP contribution in [0.4, 0.5) is 0 Å². The lowest BCUT2D eigenvalue weighted by Crippen LogP contribution is -1.84. The molecule has 0 fully saturated rings. The molecule has 0 saturated heterocycles. The van der Waals surface area contributed by atoms with Gasteiger partial charge in [-0.3, -0.25) is 0 Å². The fourth-order valence-corrected chi connectivity index (χ4v) is 1.42. The molecular formula is C16H36O. The molecule has 0 spiro atoms. The first-order chi connectivity index (χ1) is 8.33. The summed E-state index contributed by atoms with van der Waals surface area (Å²) in [4.78, 5) is 0. The summed E-state index contributed by atoms with van der Waals surface area (Å²) >= 11 is 0. The summed E-state index contributed by atoms with van der Waals surface area (Å²) in [5.74, 6) is 0. The molecule has 0 aliphatic carbocycles. The molecule has 0 heterocycles. The zero-order chi connectivity index (χ0) is 13.8. The average molecular weight is 244 g/mol. The van der Waals surface area contributed by atoms with E-state index in [1.54, 1.807) is 6.08 Å². The van der Waals surface area contributed by atoms with E-state index < -0.39 is 0 Å². The van der Waals surface area contributed by atoms with Crippen LogP contribution in [0.25, 0.3) is 0 Å². The van der Waals surface area contributed by atoms with E-state index in [4.69, 9.17) is 5.11 Å². The fraction of sp³-hybridized carbons (Fsp3) is 0.875. The molecule has 0 aromatic carbocycles. The van der Waals surface area contributed by atoms with Crippen molar-refractivity contribution in [3.63, 3.8) is 0 Å². The molecule has 0 amide bonds. The standard InChI is InChI=1S/C11H24O.C3H6.C2H6/c1-2-3-4-5-6-7-8-9-10-11-12;1-3-2;1-2/h12H,2-11H2,1H3;3H,1H2,2H3;1-2H3. The topological polar surface area (TPSA) is 20.2 Å². The maximum Gasteiger partial charge on any atom is 0.0431 e. The molecule has 106 valence electrons. The summed E-state index contributed by atoms with van der Waals surface area (Å²) in [5, 5.41) is 8.54. The maximum atomic E-state index is 8.54. The molecule has 0 aliphatic rings. The van der Waals surface area contributed by atoms with Crippen LogP contribution in [0, 0.1) is 0 Å². The molecule has 0 aromatic heterocycles. The van der Waals surface area contributed by atoms with Crippen molar-refractivity contribution in [2.75, 3.05) is 6.61 Å². The highest BCUT2D eigenvalue weighted by atomic mass is 16.2. The Labute approximate surface area is 110 Å². The second kappa shape index (κ2) is 29.6. The van der Waals surface area contributed by atoms with Gasteiger partial charge in [0.2, 0.25) is 0 Å². The first kappa shape index (κ1) is 21.9. The van der Waals surface area contributed by atoms with Crippen LogP contribution in [0.3, 0.4) is 0 Å². The quantitative estimate of drug-likeness (QED) is 0.406. The Hall–Kier alpha value is -0.300. The van der Waals surface area contributed by atoms with Gasteiger partial charge in [0.15, 0.2) is 0 Å². The summed E-state index contributed by atoms with van der Waals surface area (Å²) in [7, 11) is 0. The zero-order valence-corrected chi connectivity index (χ0v) is 12.8. The van der Waals surface area contributed by atoms with E-state index in [0.717, 1.165) is 6.42 Å². The highest BCUT2D eigenvalue weighted by Crippen LogP contribution is 2.08. The number of unbranched alkanes of at least 4 members (excludes halogenated alkanes) is 8. The van der Waals surface area contributed by atoms with Gasteiger partial charge in [-0.2, -0.15) is 0 Å². The van der Waals surface area contributed by atoms with Gasteiger partial charge in [-0.1, -0.05) is 78.2 Å². The molecule has 17 heavy (non-hydrogen) atoms. The normalized spacial score (nSPS) is 8.53. The highest BCUT2D eigenvalue weighted by Gasteiger charge is 1.90. The van der Waals surface area contributed by atoms with Crippen molar-refractivity contribution >= 4 is 0 Å². The number of rotatable bonds is 9.